The number of carbonyl (C=O) groups is 1. The van der Waals surface area contributed by atoms with Crippen LogP contribution in [0.15, 0.2) is 34.8 Å². The van der Waals surface area contributed by atoms with Crippen molar-refractivity contribution in [3.05, 3.63) is 35.9 Å². The average molecular weight is 413 g/mol. The zero-order valence-electron chi connectivity index (χ0n) is 18.2. The molecule has 2 bridgehead atoms. The summed E-state index contributed by atoms with van der Waals surface area (Å²) in [5, 5.41) is 3.20. The van der Waals surface area contributed by atoms with E-state index in [2.05, 4.69) is 47.6 Å². The second-order valence-corrected chi connectivity index (χ2v) is 8.37. The Morgan fingerprint density at radius 2 is 1.90 bits per heavy atom. The summed E-state index contributed by atoms with van der Waals surface area (Å²) in [4.78, 5) is 22.0. The molecule has 1 N–H and O–H groups in total. The minimum Gasteiger partial charge on any atom is -0.423 e. The number of rotatable bonds is 3. The van der Waals surface area contributed by atoms with Gasteiger partial charge < -0.3 is 19.4 Å². The zero-order valence-corrected chi connectivity index (χ0v) is 18.2. The summed E-state index contributed by atoms with van der Waals surface area (Å²) in [6, 6.07) is 7.05. The lowest BCUT2D eigenvalue weighted by Gasteiger charge is -2.55. The van der Waals surface area contributed by atoms with Crippen LogP contribution in [0.3, 0.4) is 0 Å². The third-order valence-electron chi connectivity index (χ3n) is 6.12. The third-order valence-corrected chi connectivity index (χ3v) is 6.12. The van der Waals surface area contributed by atoms with Crippen molar-refractivity contribution in [3.63, 3.8) is 0 Å². The normalized spacial score (nSPS) is 26.0. The molecule has 4 aliphatic rings. The first kappa shape index (κ1) is 20.9. The average Bonchev–Trinajstić information content (AvgIpc) is 3.21. The summed E-state index contributed by atoms with van der Waals surface area (Å²) in [6.07, 6.45) is 3.09. The molecule has 1 aliphatic carbocycles. The fourth-order valence-electron chi connectivity index (χ4n) is 4.54. The van der Waals surface area contributed by atoms with Gasteiger partial charge in [0.2, 0.25) is 0 Å². The highest BCUT2D eigenvalue weighted by Crippen LogP contribution is 2.40. The molecule has 1 amide bonds. The van der Waals surface area contributed by atoms with Crippen molar-refractivity contribution in [2.75, 3.05) is 38.3 Å². The number of carbonyl (C=O) groups excluding carboxylic acids is 1. The lowest BCUT2D eigenvalue weighted by atomic mass is 9.74. The molecule has 0 radical (unpaired) electrons. The fraction of sp³-hybridized carbons (Fsp3) is 0.565. The molecule has 4 fully saturated rings. The van der Waals surface area contributed by atoms with E-state index in [1.165, 1.54) is 12.0 Å². The Kier molecular flexibility index (Phi) is 6.11. The maximum absolute atomic E-state index is 12.9. The van der Waals surface area contributed by atoms with Crippen LogP contribution in [0, 0.1) is 0 Å². The zero-order chi connectivity index (χ0) is 21.3. The van der Waals surface area contributed by atoms with Gasteiger partial charge in [0.05, 0.1) is 18.8 Å². The summed E-state index contributed by atoms with van der Waals surface area (Å²) in [5.74, 6) is -0.0815. The van der Waals surface area contributed by atoms with Gasteiger partial charge in [0.25, 0.3) is 11.9 Å². The molecular weight excluding hydrogens is 380 g/mol. The van der Waals surface area contributed by atoms with Crippen molar-refractivity contribution in [1.82, 2.24) is 15.2 Å². The van der Waals surface area contributed by atoms with E-state index >= 15 is 0 Å². The number of fused-ring (bicyclic) bond motifs is 3. The number of para-hydroxylation sites is 1. The predicted molar refractivity (Wildman–Crippen MR) is 118 cm³/mol. The number of benzene rings is 1. The molecule has 4 heterocycles. The van der Waals surface area contributed by atoms with Crippen LogP contribution in [-0.4, -0.2) is 67.3 Å². The number of likely N-dealkylation sites (N-methyl/N-ethyl adjacent to an activating group) is 1. The van der Waals surface area contributed by atoms with Gasteiger partial charge in [-0.3, -0.25) is 9.69 Å². The monoisotopic (exact) mass is 412 g/mol. The fourth-order valence-corrected chi connectivity index (χ4v) is 4.54. The summed E-state index contributed by atoms with van der Waals surface area (Å²) in [6.45, 7) is 11.2. The molecule has 1 aromatic heterocycles. The predicted octanol–water partition coefficient (Wildman–Crippen LogP) is 3.21. The lowest BCUT2D eigenvalue weighted by Crippen LogP contribution is -2.64. The summed E-state index contributed by atoms with van der Waals surface area (Å²) < 4.78 is 11.3. The van der Waals surface area contributed by atoms with Crippen LogP contribution < -0.4 is 10.2 Å². The molecule has 30 heavy (non-hydrogen) atoms. The van der Waals surface area contributed by atoms with Crippen LogP contribution >= 0.6 is 0 Å². The highest BCUT2D eigenvalue weighted by atomic mass is 16.5. The second kappa shape index (κ2) is 8.78. The number of ether oxygens (including phenoxy) is 1. The first-order valence-electron chi connectivity index (χ1n) is 11.0. The SMILES string of the molecule is C=C1C2CC(NC(=O)c3cccc4oc(N5CCOCC5)nc34)CC1N2C.CCC. The molecule has 3 saturated heterocycles. The van der Waals surface area contributed by atoms with Gasteiger partial charge in [0.1, 0.15) is 5.52 Å². The van der Waals surface area contributed by atoms with Crippen LogP contribution in [0.1, 0.15) is 43.5 Å². The topological polar surface area (TPSA) is 70.8 Å². The van der Waals surface area contributed by atoms with E-state index in [1.54, 1.807) is 0 Å². The van der Waals surface area contributed by atoms with Crippen LogP contribution in [0.25, 0.3) is 11.1 Å². The maximum Gasteiger partial charge on any atom is 0.298 e. The van der Waals surface area contributed by atoms with Gasteiger partial charge in [-0.1, -0.05) is 32.9 Å². The van der Waals surface area contributed by atoms with E-state index in [9.17, 15) is 4.79 Å². The van der Waals surface area contributed by atoms with E-state index < -0.39 is 0 Å². The molecule has 1 aromatic carbocycles. The van der Waals surface area contributed by atoms with Crippen LogP contribution in [-0.2, 0) is 4.74 Å². The van der Waals surface area contributed by atoms with E-state index in [0.717, 1.165) is 25.9 Å². The molecule has 162 valence electrons. The number of hydrogen-bond donors (Lipinski definition) is 1. The Morgan fingerprint density at radius 3 is 2.53 bits per heavy atom. The molecule has 0 spiro atoms. The van der Waals surface area contributed by atoms with Crippen molar-refractivity contribution in [1.29, 1.82) is 0 Å². The number of oxazole rings is 1. The number of piperidine rings is 1. The lowest BCUT2D eigenvalue weighted by molar-refractivity contribution is 0.0481. The summed E-state index contributed by atoms with van der Waals surface area (Å²) in [5.41, 5.74) is 3.14. The number of nitrogens with one attached hydrogen (secondary N) is 1. The number of aromatic nitrogens is 1. The molecule has 3 aliphatic heterocycles. The van der Waals surface area contributed by atoms with E-state index in [4.69, 9.17) is 9.15 Å². The number of hydrogen-bond acceptors (Lipinski definition) is 6. The van der Waals surface area contributed by atoms with Gasteiger partial charge in [0, 0.05) is 31.2 Å². The van der Waals surface area contributed by atoms with E-state index in [1.807, 2.05) is 18.2 Å². The quantitative estimate of drug-likeness (QED) is 0.781. The Bertz CT molecular complexity index is 902. The Morgan fingerprint density at radius 1 is 1.23 bits per heavy atom. The summed E-state index contributed by atoms with van der Waals surface area (Å²) in [7, 11) is 2.13. The Hall–Kier alpha value is -2.38. The van der Waals surface area contributed by atoms with Gasteiger partial charge in [-0.25, -0.2) is 0 Å². The molecule has 2 atom stereocenters. The van der Waals surface area contributed by atoms with E-state index in [0.29, 0.717) is 48.0 Å². The smallest absolute Gasteiger partial charge is 0.298 e. The minimum absolute atomic E-state index is 0.0815. The summed E-state index contributed by atoms with van der Waals surface area (Å²) >= 11 is 0. The molecule has 2 aromatic rings. The molecule has 7 heteroatoms. The Labute approximate surface area is 178 Å². The molecule has 1 saturated carbocycles. The van der Waals surface area contributed by atoms with Crippen molar-refractivity contribution in [3.8, 4) is 0 Å². The number of anilines is 1. The van der Waals surface area contributed by atoms with E-state index in [-0.39, 0.29) is 11.9 Å². The van der Waals surface area contributed by atoms with Crippen LogP contribution in [0.2, 0.25) is 0 Å². The van der Waals surface area contributed by atoms with Crippen LogP contribution in [0.4, 0.5) is 6.01 Å². The molecule has 2 unspecified atom stereocenters. The Balaban J connectivity index is 0.000000687. The maximum atomic E-state index is 12.9. The van der Waals surface area contributed by atoms with Crippen LogP contribution in [0.5, 0.6) is 0 Å². The molecule has 6 rings (SSSR count). The highest BCUT2D eigenvalue weighted by molar-refractivity contribution is 6.04. The number of morpholine rings is 1. The van der Waals surface area contributed by atoms with Gasteiger partial charge >= 0.3 is 0 Å². The third kappa shape index (κ3) is 3.84. The molecular formula is C23H32N4O3. The highest BCUT2D eigenvalue weighted by Gasteiger charge is 2.46. The van der Waals surface area contributed by atoms with Gasteiger partial charge in [0.15, 0.2) is 5.58 Å². The van der Waals surface area contributed by atoms with Gasteiger partial charge in [-0.2, -0.15) is 4.98 Å². The minimum atomic E-state index is -0.0815. The van der Waals surface area contributed by atoms with Crippen molar-refractivity contribution < 1.29 is 13.9 Å². The second-order valence-electron chi connectivity index (χ2n) is 8.37. The first-order valence-corrected chi connectivity index (χ1v) is 11.0. The first-order chi connectivity index (χ1) is 14.5. The van der Waals surface area contributed by atoms with Crippen molar-refractivity contribution in [2.45, 2.75) is 51.2 Å². The van der Waals surface area contributed by atoms with Gasteiger partial charge in [-0.05, 0) is 37.6 Å². The van der Waals surface area contributed by atoms with Gasteiger partial charge in [-0.15, -0.1) is 0 Å². The largest absolute Gasteiger partial charge is 0.423 e. The van der Waals surface area contributed by atoms with Crippen molar-refractivity contribution >= 4 is 23.0 Å². The molecule has 7 nitrogen and oxygen atoms in total. The standard InChI is InChI=1S/C20H24N4O3.C3H8/c1-12-15-10-13(11-16(12)23(15)2)21-19(25)14-4-3-5-17-18(14)22-20(27-17)24-6-8-26-9-7-24;1-3-2/h3-5,13,15-16H,1,6-11H2,2H3,(H,21,25);3H2,1-2H3. The number of amides is 1. The number of nitrogens with zero attached hydrogens (tertiary/aromatic N) is 3. The van der Waals surface area contributed by atoms with Crippen molar-refractivity contribution in [2.24, 2.45) is 0 Å².